The van der Waals surface area contributed by atoms with Crippen LogP contribution in [0.15, 0.2) is 34.0 Å². The second-order valence-electron chi connectivity index (χ2n) is 7.21. The highest BCUT2D eigenvalue weighted by molar-refractivity contribution is 8.00. The van der Waals surface area contributed by atoms with Gasteiger partial charge in [0.05, 0.1) is 5.56 Å². The van der Waals surface area contributed by atoms with Crippen LogP contribution in [0.5, 0.6) is 0 Å². The molecule has 2 atom stereocenters. The SMILES string of the molecule is Cc1csc(SCc2ccccc2C(=O)OCC(=O)N[C@@H]2CCCC[C@@H]2C)n1. The van der Waals surface area contributed by atoms with E-state index in [2.05, 4.69) is 17.2 Å². The zero-order valence-corrected chi connectivity index (χ0v) is 17.9. The molecule has 0 radical (unpaired) electrons. The number of esters is 1. The van der Waals surface area contributed by atoms with Gasteiger partial charge in [0.1, 0.15) is 4.34 Å². The average Bonchev–Trinajstić information content (AvgIpc) is 3.12. The smallest absolute Gasteiger partial charge is 0.338 e. The maximum atomic E-state index is 12.5. The molecule has 28 heavy (non-hydrogen) atoms. The van der Waals surface area contributed by atoms with E-state index in [4.69, 9.17) is 4.74 Å². The Hall–Kier alpha value is -1.86. The van der Waals surface area contributed by atoms with Crippen LogP contribution in [0.4, 0.5) is 0 Å². The third-order valence-electron chi connectivity index (χ3n) is 4.98. The molecule has 1 saturated carbocycles. The van der Waals surface area contributed by atoms with Crippen molar-refractivity contribution in [3.8, 4) is 0 Å². The summed E-state index contributed by atoms with van der Waals surface area (Å²) in [6.07, 6.45) is 4.49. The van der Waals surface area contributed by atoms with Gasteiger partial charge in [0.25, 0.3) is 5.91 Å². The molecule has 0 aliphatic heterocycles. The summed E-state index contributed by atoms with van der Waals surface area (Å²) in [6, 6.07) is 7.55. The van der Waals surface area contributed by atoms with E-state index in [1.165, 1.54) is 6.42 Å². The van der Waals surface area contributed by atoms with Crippen LogP contribution >= 0.6 is 23.1 Å². The summed E-state index contributed by atoms with van der Waals surface area (Å²) in [4.78, 5) is 29.1. The first-order valence-electron chi connectivity index (χ1n) is 9.62. The van der Waals surface area contributed by atoms with Crippen LogP contribution in [0, 0.1) is 12.8 Å². The number of rotatable bonds is 7. The van der Waals surface area contributed by atoms with E-state index in [1.807, 2.05) is 30.5 Å². The van der Waals surface area contributed by atoms with Crippen molar-refractivity contribution < 1.29 is 14.3 Å². The molecule has 1 fully saturated rings. The third-order valence-corrected chi connectivity index (χ3v) is 7.17. The van der Waals surface area contributed by atoms with Crippen LogP contribution in [0.1, 0.15) is 54.2 Å². The van der Waals surface area contributed by atoms with Gasteiger partial charge in [-0.25, -0.2) is 9.78 Å². The Labute approximate surface area is 174 Å². The van der Waals surface area contributed by atoms with E-state index in [1.54, 1.807) is 29.2 Å². The minimum Gasteiger partial charge on any atom is -0.452 e. The highest BCUT2D eigenvalue weighted by Crippen LogP contribution is 2.27. The third kappa shape index (κ3) is 5.82. The lowest BCUT2D eigenvalue weighted by Gasteiger charge is -2.29. The first kappa shape index (κ1) is 20.9. The molecule has 1 aliphatic rings. The van der Waals surface area contributed by atoms with Gasteiger partial charge in [0, 0.05) is 22.9 Å². The fourth-order valence-electron chi connectivity index (χ4n) is 3.37. The summed E-state index contributed by atoms with van der Waals surface area (Å²) >= 11 is 3.19. The molecule has 0 saturated heterocycles. The second-order valence-corrected chi connectivity index (χ2v) is 9.29. The van der Waals surface area contributed by atoms with Crippen molar-refractivity contribution in [1.29, 1.82) is 0 Å². The zero-order chi connectivity index (χ0) is 19.9. The van der Waals surface area contributed by atoms with E-state index in [-0.39, 0.29) is 18.6 Å². The van der Waals surface area contributed by atoms with Crippen LogP contribution in [-0.4, -0.2) is 29.5 Å². The summed E-state index contributed by atoms with van der Waals surface area (Å²) in [5, 5.41) is 5.02. The number of hydrogen-bond acceptors (Lipinski definition) is 6. The van der Waals surface area contributed by atoms with Gasteiger partial charge in [-0.1, -0.05) is 49.7 Å². The van der Waals surface area contributed by atoms with E-state index < -0.39 is 5.97 Å². The van der Waals surface area contributed by atoms with E-state index in [0.29, 0.717) is 17.2 Å². The van der Waals surface area contributed by atoms with Crippen molar-refractivity contribution in [3.05, 3.63) is 46.5 Å². The number of nitrogens with zero attached hydrogens (tertiary/aromatic N) is 1. The number of nitrogens with one attached hydrogen (secondary N) is 1. The van der Waals surface area contributed by atoms with Crippen LogP contribution < -0.4 is 5.32 Å². The molecule has 2 aromatic rings. The minimum absolute atomic E-state index is 0.186. The molecule has 0 bridgehead atoms. The number of thiazole rings is 1. The van der Waals surface area contributed by atoms with Gasteiger partial charge in [0.2, 0.25) is 0 Å². The molecular weight excluding hydrogens is 392 g/mol. The number of thioether (sulfide) groups is 1. The molecule has 150 valence electrons. The normalized spacial score (nSPS) is 19.2. The van der Waals surface area contributed by atoms with E-state index in [0.717, 1.165) is 34.9 Å². The first-order chi connectivity index (χ1) is 13.5. The highest BCUT2D eigenvalue weighted by atomic mass is 32.2. The molecule has 5 nitrogen and oxygen atoms in total. The lowest BCUT2D eigenvalue weighted by molar-refractivity contribution is -0.125. The first-order valence-corrected chi connectivity index (χ1v) is 11.5. The standard InChI is InChI=1S/C21H26N2O3S2/c1-14-7-3-6-10-18(14)23-19(24)11-26-20(25)17-9-5-4-8-16(17)13-28-21-22-15(2)12-27-21/h4-5,8-9,12,14,18H,3,6-7,10-11,13H2,1-2H3,(H,23,24)/t14-,18+/m0/s1. The van der Waals surface area contributed by atoms with Crippen molar-refractivity contribution >= 4 is 35.0 Å². The van der Waals surface area contributed by atoms with E-state index in [9.17, 15) is 9.59 Å². The van der Waals surface area contributed by atoms with E-state index >= 15 is 0 Å². The lowest BCUT2D eigenvalue weighted by Crippen LogP contribution is -2.42. The molecular formula is C21H26N2O3S2. The summed E-state index contributed by atoms with van der Waals surface area (Å²) < 4.78 is 6.26. The quantitative estimate of drug-likeness (QED) is 0.526. The number of aromatic nitrogens is 1. The lowest BCUT2D eigenvalue weighted by atomic mass is 9.86. The van der Waals surface area contributed by atoms with Gasteiger partial charge < -0.3 is 10.1 Å². The Morgan fingerprint density at radius 2 is 2.07 bits per heavy atom. The Kier molecular flexibility index (Phi) is 7.50. The highest BCUT2D eigenvalue weighted by Gasteiger charge is 2.23. The second kappa shape index (κ2) is 10.1. The van der Waals surface area contributed by atoms with Crippen molar-refractivity contribution in [2.24, 2.45) is 5.92 Å². The van der Waals surface area contributed by atoms with Gasteiger partial charge >= 0.3 is 5.97 Å². The molecule has 7 heteroatoms. The number of aryl methyl sites for hydroxylation is 1. The maximum absolute atomic E-state index is 12.5. The molecule has 1 aromatic heterocycles. The Balaban J connectivity index is 1.53. The van der Waals surface area contributed by atoms with Gasteiger partial charge in [-0.3, -0.25) is 4.79 Å². The molecule has 1 amide bonds. The van der Waals surface area contributed by atoms with Crippen molar-refractivity contribution in [2.45, 2.75) is 55.7 Å². The largest absolute Gasteiger partial charge is 0.452 e. The number of carbonyl (C=O) groups is 2. The Morgan fingerprint density at radius 3 is 2.82 bits per heavy atom. The summed E-state index contributed by atoms with van der Waals surface area (Å²) in [6.45, 7) is 3.88. The van der Waals surface area contributed by atoms with Gasteiger partial charge in [-0.2, -0.15) is 0 Å². The summed E-state index contributed by atoms with van der Waals surface area (Å²) in [5.74, 6) is 0.417. The maximum Gasteiger partial charge on any atom is 0.338 e. The molecule has 1 aliphatic carbocycles. The fourth-order valence-corrected chi connectivity index (χ4v) is 5.22. The van der Waals surface area contributed by atoms with Crippen LogP contribution in [0.2, 0.25) is 0 Å². The molecule has 1 heterocycles. The molecule has 0 unspecified atom stereocenters. The molecule has 3 rings (SSSR count). The Bertz CT molecular complexity index is 821. The molecule has 1 N–H and O–H groups in total. The van der Waals surface area contributed by atoms with Crippen molar-refractivity contribution in [1.82, 2.24) is 10.3 Å². The monoisotopic (exact) mass is 418 g/mol. The number of amides is 1. The number of hydrogen-bond donors (Lipinski definition) is 1. The van der Waals surface area contributed by atoms with Crippen molar-refractivity contribution in [3.63, 3.8) is 0 Å². The molecule has 0 spiro atoms. The number of ether oxygens (including phenoxy) is 1. The van der Waals surface area contributed by atoms with Gasteiger partial charge in [-0.15, -0.1) is 11.3 Å². The number of benzene rings is 1. The zero-order valence-electron chi connectivity index (χ0n) is 16.3. The van der Waals surface area contributed by atoms with Gasteiger partial charge in [0.15, 0.2) is 6.61 Å². The summed E-state index contributed by atoms with van der Waals surface area (Å²) in [7, 11) is 0. The predicted molar refractivity (Wildman–Crippen MR) is 113 cm³/mol. The number of carbonyl (C=O) groups excluding carboxylic acids is 2. The van der Waals surface area contributed by atoms with Crippen molar-refractivity contribution in [2.75, 3.05) is 6.61 Å². The topological polar surface area (TPSA) is 68.3 Å². The van der Waals surface area contributed by atoms with Crippen LogP contribution in [0.25, 0.3) is 0 Å². The average molecular weight is 419 g/mol. The van der Waals surface area contributed by atoms with Gasteiger partial charge in [-0.05, 0) is 37.3 Å². The fraction of sp³-hybridized carbons (Fsp3) is 0.476. The predicted octanol–water partition coefficient (Wildman–Crippen LogP) is 4.60. The van der Waals surface area contributed by atoms with Crippen LogP contribution in [0.3, 0.4) is 0 Å². The minimum atomic E-state index is -0.460. The summed E-state index contributed by atoms with van der Waals surface area (Å²) in [5.41, 5.74) is 2.38. The van der Waals surface area contributed by atoms with Crippen LogP contribution in [-0.2, 0) is 15.3 Å². The Morgan fingerprint density at radius 1 is 1.29 bits per heavy atom. The molecule has 1 aromatic carbocycles.